The molecule has 9 heteroatoms. The first-order chi connectivity index (χ1) is 17.4. The molecule has 0 spiro atoms. The number of amides is 1. The van der Waals surface area contributed by atoms with Gasteiger partial charge in [-0.3, -0.25) is 14.5 Å². The van der Waals surface area contributed by atoms with E-state index >= 15 is 0 Å². The highest BCUT2D eigenvalue weighted by atomic mass is 16.5. The summed E-state index contributed by atoms with van der Waals surface area (Å²) in [6.07, 6.45) is 6.49. The van der Waals surface area contributed by atoms with E-state index in [0.29, 0.717) is 25.8 Å². The highest BCUT2D eigenvalue weighted by Crippen LogP contribution is 2.40. The number of carboxylic acid groups (broad SMARTS) is 1. The Kier molecular flexibility index (Phi) is 6.55. The molecule has 36 heavy (non-hydrogen) atoms. The second-order valence-electron chi connectivity index (χ2n) is 9.89. The molecule has 2 aromatic heterocycles. The number of hydrogen-bond acceptors (Lipinski definition) is 5. The number of anilines is 1. The normalized spacial score (nSPS) is 21.8. The third-order valence-electron chi connectivity index (χ3n) is 7.74. The Labute approximate surface area is 209 Å². The van der Waals surface area contributed by atoms with Crippen LogP contribution in [-0.2, 0) is 28.9 Å². The Hall–Kier alpha value is -3.62. The van der Waals surface area contributed by atoms with Crippen molar-refractivity contribution < 1.29 is 19.4 Å². The number of imidazole rings is 1. The summed E-state index contributed by atoms with van der Waals surface area (Å²) in [5.41, 5.74) is 3.57. The molecule has 1 saturated carbocycles. The van der Waals surface area contributed by atoms with Crippen molar-refractivity contribution in [2.24, 2.45) is 5.92 Å². The van der Waals surface area contributed by atoms with Gasteiger partial charge in [0.25, 0.3) is 5.56 Å². The van der Waals surface area contributed by atoms with E-state index in [4.69, 9.17) is 9.72 Å². The number of rotatable bonds is 5. The zero-order chi connectivity index (χ0) is 25.4. The summed E-state index contributed by atoms with van der Waals surface area (Å²) in [4.78, 5) is 43.4. The molecular weight excluding hydrogens is 460 g/mol. The standard InChI is InChI=1S/C27H32N4O5/c1-17-9-10-20-21(30(17)27(35)36-2)11-12-22-25(20)28-23(13-15-29-14-4-3-8-24(29)32)31(22)19-7-5-6-18(16-19)26(33)34/h3-4,8,11-12,14,17-19H,5-7,9-10,13,15-16H2,1-2H3,(H,33,34)/t17?,18-,19-/m1/s1. The van der Waals surface area contributed by atoms with Crippen LogP contribution in [0.5, 0.6) is 0 Å². The van der Waals surface area contributed by atoms with E-state index in [1.807, 2.05) is 25.1 Å². The first-order valence-electron chi connectivity index (χ1n) is 12.7. The summed E-state index contributed by atoms with van der Waals surface area (Å²) in [7, 11) is 1.39. The molecule has 1 unspecified atom stereocenters. The van der Waals surface area contributed by atoms with Crippen LogP contribution in [0.2, 0.25) is 0 Å². The Morgan fingerprint density at radius 1 is 1.17 bits per heavy atom. The van der Waals surface area contributed by atoms with Gasteiger partial charge in [0.05, 0.1) is 29.7 Å². The number of pyridine rings is 1. The van der Waals surface area contributed by atoms with Crippen molar-refractivity contribution in [2.45, 2.75) is 70.5 Å². The maximum absolute atomic E-state index is 12.6. The lowest BCUT2D eigenvalue weighted by Gasteiger charge is -2.34. The second-order valence-corrected chi connectivity index (χ2v) is 9.89. The molecule has 0 saturated heterocycles. The van der Waals surface area contributed by atoms with Gasteiger partial charge in [0.1, 0.15) is 5.82 Å². The van der Waals surface area contributed by atoms with Crippen molar-refractivity contribution in [2.75, 3.05) is 12.0 Å². The Bertz CT molecular complexity index is 1360. The Morgan fingerprint density at radius 3 is 2.75 bits per heavy atom. The fourth-order valence-corrected chi connectivity index (χ4v) is 5.90. The Balaban J connectivity index is 1.61. The van der Waals surface area contributed by atoms with Gasteiger partial charge in [-0.2, -0.15) is 0 Å². The third kappa shape index (κ3) is 4.27. The van der Waals surface area contributed by atoms with Crippen LogP contribution in [0.3, 0.4) is 0 Å². The molecule has 5 rings (SSSR count). The lowest BCUT2D eigenvalue weighted by molar-refractivity contribution is -0.143. The van der Waals surface area contributed by atoms with Crippen molar-refractivity contribution in [3.05, 3.63) is 58.3 Å². The largest absolute Gasteiger partial charge is 0.481 e. The lowest BCUT2D eigenvalue weighted by atomic mass is 9.85. The van der Waals surface area contributed by atoms with Crippen LogP contribution in [0.25, 0.3) is 11.0 Å². The number of methoxy groups -OCH3 is 1. The van der Waals surface area contributed by atoms with Crippen LogP contribution in [0.1, 0.15) is 56.5 Å². The number of aliphatic carboxylic acids is 1. The van der Waals surface area contributed by atoms with E-state index in [2.05, 4.69) is 4.57 Å². The fraction of sp³-hybridized carbons (Fsp3) is 0.481. The van der Waals surface area contributed by atoms with Gasteiger partial charge < -0.3 is 19.0 Å². The average molecular weight is 493 g/mol. The highest BCUT2D eigenvalue weighted by molar-refractivity contribution is 5.95. The monoisotopic (exact) mass is 492 g/mol. The van der Waals surface area contributed by atoms with E-state index in [0.717, 1.165) is 53.8 Å². The van der Waals surface area contributed by atoms with E-state index in [1.54, 1.807) is 27.8 Å². The van der Waals surface area contributed by atoms with Crippen molar-refractivity contribution in [1.82, 2.24) is 14.1 Å². The van der Waals surface area contributed by atoms with Gasteiger partial charge >= 0.3 is 12.1 Å². The molecule has 9 nitrogen and oxygen atoms in total. The van der Waals surface area contributed by atoms with Crippen molar-refractivity contribution in [3.8, 4) is 0 Å². The third-order valence-corrected chi connectivity index (χ3v) is 7.74. The van der Waals surface area contributed by atoms with Crippen LogP contribution in [0.4, 0.5) is 10.5 Å². The lowest BCUT2D eigenvalue weighted by Crippen LogP contribution is -2.42. The maximum atomic E-state index is 12.6. The van der Waals surface area contributed by atoms with E-state index in [9.17, 15) is 19.5 Å². The van der Waals surface area contributed by atoms with Gasteiger partial charge in [-0.05, 0) is 57.2 Å². The fourth-order valence-electron chi connectivity index (χ4n) is 5.90. The molecule has 3 heterocycles. The summed E-state index contributed by atoms with van der Waals surface area (Å²) in [6.45, 7) is 2.49. The first kappa shape index (κ1) is 24.1. The molecule has 1 amide bonds. The quantitative estimate of drug-likeness (QED) is 0.573. The van der Waals surface area contributed by atoms with Gasteiger partial charge in [0.15, 0.2) is 0 Å². The zero-order valence-corrected chi connectivity index (χ0v) is 20.7. The highest BCUT2D eigenvalue weighted by Gasteiger charge is 2.34. The molecule has 1 fully saturated rings. The molecule has 2 aliphatic rings. The number of hydrogen-bond donors (Lipinski definition) is 1. The Morgan fingerprint density at radius 2 is 2.00 bits per heavy atom. The maximum Gasteiger partial charge on any atom is 0.414 e. The number of ether oxygens (including phenoxy) is 1. The number of carboxylic acids is 1. The number of aromatic nitrogens is 3. The van der Waals surface area contributed by atoms with Gasteiger partial charge in [-0.1, -0.05) is 12.5 Å². The van der Waals surface area contributed by atoms with E-state index < -0.39 is 5.97 Å². The zero-order valence-electron chi connectivity index (χ0n) is 20.7. The molecule has 1 aromatic carbocycles. The molecule has 3 atom stereocenters. The molecule has 190 valence electrons. The molecule has 3 aromatic rings. The SMILES string of the molecule is COC(=O)N1c2ccc3c(nc(CCn4ccccc4=O)n3[C@@H]3CCC[C@@H](C(=O)O)C3)c2CCC1C. The summed E-state index contributed by atoms with van der Waals surface area (Å²) in [5, 5.41) is 9.69. The summed E-state index contributed by atoms with van der Waals surface area (Å²) in [6, 6.07) is 9.10. The van der Waals surface area contributed by atoms with Crippen LogP contribution in [0.15, 0.2) is 41.3 Å². The number of benzene rings is 1. The van der Waals surface area contributed by atoms with Crippen molar-refractivity contribution in [1.29, 1.82) is 0 Å². The number of fused-ring (bicyclic) bond motifs is 3. The topological polar surface area (TPSA) is 107 Å². The van der Waals surface area contributed by atoms with Crippen LogP contribution < -0.4 is 10.5 Å². The van der Waals surface area contributed by atoms with Crippen molar-refractivity contribution >= 4 is 28.8 Å². The van der Waals surface area contributed by atoms with Crippen LogP contribution >= 0.6 is 0 Å². The number of nitrogens with zero attached hydrogens (tertiary/aromatic N) is 4. The van der Waals surface area contributed by atoms with Crippen molar-refractivity contribution in [3.63, 3.8) is 0 Å². The van der Waals surface area contributed by atoms with Gasteiger partial charge in [0.2, 0.25) is 0 Å². The van der Waals surface area contributed by atoms with E-state index in [1.165, 1.54) is 7.11 Å². The number of carbonyl (C=O) groups excluding carboxylic acids is 1. The predicted octanol–water partition coefficient (Wildman–Crippen LogP) is 4.16. The molecule has 0 radical (unpaired) electrons. The van der Waals surface area contributed by atoms with Gasteiger partial charge in [-0.25, -0.2) is 9.78 Å². The second kappa shape index (κ2) is 9.79. The summed E-state index contributed by atoms with van der Waals surface area (Å²) < 4.78 is 8.93. The first-order valence-corrected chi connectivity index (χ1v) is 12.7. The van der Waals surface area contributed by atoms with Gasteiger partial charge in [0, 0.05) is 42.9 Å². The minimum atomic E-state index is -0.749. The van der Waals surface area contributed by atoms with Crippen LogP contribution in [-0.4, -0.2) is 44.4 Å². The molecule has 1 aliphatic carbocycles. The predicted molar refractivity (Wildman–Crippen MR) is 135 cm³/mol. The number of carbonyl (C=O) groups is 2. The summed E-state index contributed by atoms with van der Waals surface area (Å²) >= 11 is 0. The average Bonchev–Trinajstić information content (AvgIpc) is 3.26. The van der Waals surface area contributed by atoms with Crippen LogP contribution in [0, 0.1) is 5.92 Å². The van der Waals surface area contributed by atoms with E-state index in [-0.39, 0.29) is 29.7 Å². The minimum Gasteiger partial charge on any atom is -0.481 e. The minimum absolute atomic E-state index is 0.0172. The molecule has 0 bridgehead atoms. The molecule has 1 N–H and O–H groups in total. The summed E-state index contributed by atoms with van der Waals surface area (Å²) in [5.74, 6) is -0.283. The number of aryl methyl sites for hydroxylation is 3. The smallest absolute Gasteiger partial charge is 0.414 e. The molecule has 1 aliphatic heterocycles. The molecular formula is C27H32N4O5. The van der Waals surface area contributed by atoms with Gasteiger partial charge in [-0.15, -0.1) is 0 Å².